The summed E-state index contributed by atoms with van der Waals surface area (Å²) in [5.41, 5.74) is 3.15. The Morgan fingerprint density at radius 3 is 2.58 bits per heavy atom. The maximum absolute atomic E-state index is 8.77. The van der Waals surface area contributed by atoms with Crippen LogP contribution in [-0.2, 0) is 13.1 Å². The molecule has 0 spiro atoms. The fourth-order valence-corrected chi connectivity index (χ4v) is 2.56. The van der Waals surface area contributed by atoms with Crippen molar-refractivity contribution in [1.82, 2.24) is 4.90 Å². The lowest BCUT2D eigenvalue weighted by Crippen LogP contribution is -2.10. The van der Waals surface area contributed by atoms with Crippen LogP contribution in [0.4, 0.5) is 5.69 Å². The van der Waals surface area contributed by atoms with Gasteiger partial charge in [0.1, 0.15) is 6.07 Å². The molecule has 19 heavy (non-hydrogen) atoms. The Hall–Kier alpha value is -1.83. The number of hydrogen-bond donors (Lipinski definition) is 1. The Morgan fingerprint density at radius 1 is 1.26 bits per heavy atom. The summed E-state index contributed by atoms with van der Waals surface area (Å²) >= 11 is 1.61. The van der Waals surface area contributed by atoms with Crippen LogP contribution < -0.4 is 5.32 Å². The second-order valence-electron chi connectivity index (χ2n) is 4.70. The van der Waals surface area contributed by atoms with Gasteiger partial charge in [-0.05, 0) is 37.9 Å². The molecule has 0 aliphatic carbocycles. The molecule has 0 saturated heterocycles. The first kappa shape index (κ1) is 13.6. The van der Waals surface area contributed by atoms with E-state index in [4.69, 9.17) is 5.26 Å². The second-order valence-corrected chi connectivity index (χ2v) is 5.70. The topological polar surface area (TPSA) is 39.1 Å². The molecule has 0 fully saturated rings. The molecule has 0 bridgehead atoms. The standard InChI is InChI=1S/C15H17N3S/c1-18(2)10-12-3-5-14(6-4-12)17-9-15-7-13(8-16)11-19-15/h3-7,11,17H,9-10H2,1-2H3. The van der Waals surface area contributed by atoms with E-state index in [1.165, 1.54) is 10.4 Å². The molecule has 0 saturated carbocycles. The van der Waals surface area contributed by atoms with Gasteiger partial charge < -0.3 is 10.2 Å². The third kappa shape index (κ3) is 4.09. The highest BCUT2D eigenvalue weighted by Crippen LogP contribution is 2.17. The van der Waals surface area contributed by atoms with E-state index in [0.29, 0.717) is 0 Å². The van der Waals surface area contributed by atoms with Crippen molar-refractivity contribution in [3.8, 4) is 6.07 Å². The van der Waals surface area contributed by atoms with Crippen molar-refractivity contribution < 1.29 is 0 Å². The lowest BCUT2D eigenvalue weighted by Gasteiger charge is -2.10. The minimum absolute atomic E-state index is 0.739. The highest BCUT2D eigenvalue weighted by atomic mass is 32.1. The van der Waals surface area contributed by atoms with E-state index in [0.717, 1.165) is 24.3 Å². The molecule has 1 aromatic heterocycles. The highest BCUT2D eigenvalue weighted by Gasteiger charge is 2.00. The molecule has 0 radical (unpaired) electrons. The van der Waals surface area contributed by atoms with Gasteiger partial charge in [0.2, 0.25) is 0 Å². The third-order valence-corrected chi connectivity index (χ3v) is 3.64. The van der Waals surface area contributed by atoms with Gasteiger partial charge in [-0.25, -0.2) is 0 Å². The van der Waals surface area contributed by atoms with Gasteiger partial charge in [-0.2, -0.15) is 5.26 Å². The summed E-state index contributed by atoms with van der Waals surface area (Å²) in [6.07, 6.45) is 0. The smallest absolute Gasteiger partial charge is 0.100 e. The number of nitrogens with one attached hydrogen (secondary N) is 1. The van der Waals surface area contributed by atoms with Gasteiger partial charge in [0.15, 0.2) is 0 Å². The van der Waals surface area contributed by atoms with E-state index in [9.17, 15) is 0 Å². The number of rotatable bonds is 5. The molecule has 1 aromatic carbocycles. The average Bonchev–Trinajstić information content (AvgIpc) is 2.85. The lowest BCUT2D eigenvalue weighted by atomic mass is 10.2. The molecule has 4 heteroatoms. The van der Waals surface area contributed by atoms with Gasteiger partial charge in [0.05, 0.1) is 5.56 Å². The predicted molar refractivity (Wildman–Crippen MR) is 80.2 cm³/mol. The van der Waals surface area contributed by atoms with Gasteiger partial charge in [-0.15, -0.1) is 11.3 Å². The Kier molecular flexibility index (Phi) is 4.56. The quantitative estimate of drug-likeness (QED) is 0.907. The fourth-order valence-electron chi connectivity index (χ4n) is 1.81. The molecule has 0 aliphatic heterocycles. The molecule has 0 amide bonds. The molecule has 1 heterocycles. The first-order valence-corrected chi connectivity index (χ1v) is 7.00. The summed E-state index contributed by atoms with van der Waals surface area (Å²) in [4.78, 5) is 3.33. The van der Waals surface area contributed by atoms with Crippen LogP contribution in [0.15, 0.2) is 35.7 Å². The Bertz CT molecular complexity index is 564. The molecule has 0 unspecified atom stereocenters. The first-order valence-electron chi connectivity index (χ1n) is 6.12. The Balaban J connectivity index is 1.91. The molecule has 98 valence electrons. The molecule has 2 rings (SSSR count). The number of benzene rings is 1. The first-order chi connectivity index (χ1) is 9.17. The van der Waals surface area contributed by atoms with E-state index < -0.39 is 0 Å². The summed E-state index contributed by atoms with van der Waals surface area (Å²) < 4.78 is 0. The summed E-state index contributed by atoms with van der Waals surface area (Å²) in [5, 5.41) is 14.0. The van der Waals surface area contributed by atoms with Gasteiger partial charge in [0, 0.05) is 29.0 Å². The largest absolute Gasteiger partial charge is 0.380 e. The Morgan fingerprint density at radius 2 is 2.00 bits per heavy atom. The zero-order valence-electron chi connectivity index (χ0n) is 11.2. The van der Waals surface area contributed by atoms with Crippen molar-refractivity contribution in [3.63, 3.8) is 0 Å². The molecule has 0 atom stereocenters. The van der Waals surface area contributed by atoms with Crippen LogP contribution in [0.3, 0.4) is 0 Å². The van der Waals surface area contributed by atoms with E-state index in [-0.39, 0.29) is 0 Å². The maximum Gasteiger partial charge on any atom is 0.100 e. The molecular weight excluding hydrogens is 254 g/mol. The van der Waals surface area contributed by atoms with Crippen LogP contribution in [0.5, 0.6) is 0 Å². The van der Waals surface area contributed by atoms with Gasteiger partial charge in [-0.3, -0.25) is 0 Å². The number of nitrogens with zero attached hydrogens (tertiary/aromatic N) is 2. The van der Waals surface area contributed by atoms with Gasteiger partial charge in [0.25, 0.3) is 0 Å². The van der Waals surface area contributed by atoms with Crippen LogP contribution in [0.25, 0.3) is 0 Å². The summed E-state index contributed by atoms with van der Waals surface area (Å²) in [7, 11) is 4.13. The van der Waals surface area contributed by atoms with E-state index in [2.05, 4.69) is 54.6 Å². The number of hydrogen-bond acceptors (Lipinski definition) is 4. The monoisotopic (exact) mass is 271 g/mol. The van der Waals surface area contributed by atoms with E-state index >= 15 is 0 Å². The van der Waals surface area contributed by atoms with Crippen molar-refractivity contribution in [2.45, 2.75) is 13.1 Å². The van der Waals surface area contributed by atoms with Gasteiger partial charge in [-0.1, -0.05) is 12.1 Å². The molecule has 0 aliphatic rings. The van der Waals surface area contributed by atoms with Gasteiger partial charge >= 0.3 is 0 Å². The van der Waals surface area contributed by atoms with Crippen molar-refractivity contribution >= 4 is 17.0 Å². The van der Waals surface area contributed by atoms with E-state index in [1.807, 2.05) is 11.4 Å². The number of anilines is 1. The molecule has 1 N–H and O–H groups in total. The van der Waals surface area contributed by atoms with Crippen LogP contribution in [0.2, 0.25) is 0 Å². The second kappa shape index (κ2) is 6.37. The van der Waals surface area contributed by atoms with E-state index in [1.54, 1.807) is 11.3 Å². The number of thiophene rings is 1. The normalized spacial score (nSPS) is 10.4. The molecular formula is C15H17N3S. The molecule has 3 nitrogen and oxygen atoms in total. The fraction of sp³-hybridized carbons (Fsp3) is 0.267. The van der Waals surface area contributed by atoms with Crippen molar-refractivity contribution in [2.75, 3.05) is 19.4 Å². The average molecular weight is 271 g/mol. The SMILES string of the molecule is CN(C)Cc1ccc(NCc2cc(C#N)cs2)cc1. The maximum atomic E-state index is 8.77. The van der Waals surface area contributed by atoms with Crippen molar-refractivity contribution in [2.24, 2.45) is 0 Å². The van der Waals surface area contributed by atoms with Crippen LogP contribution in [0, 0.1) is 11.3 Å². The highest BCUT2D eigenvalue weighted by molar-refractivity contribution is 7.10. The summed E-state index contributed by atoms with van der Waals surface area (Å²) in [5.74, 6) is 0. The molecule has 2 aromatic rings. The predicted octanol–water partition coefficient (Wildman–Crippen LogP) is 3.29. The number of nitriles is 1. The summed E-state index contributed by atoms with van der Waals surface area (Å²) in [6, 6.07) is 12.5. The summed E-state index contributed by atoms with van der Waals surface area (Å²) in [6.45, 7) is 1.72. The third-order valence-electron chi connectivity index (χ3n) is 2.70. The van der Waals surface area contributed by atoms with Crippen LogP contribution >= 0.6 is 11.3 Å². The van der Waals surface area contributed by atoms with Crippen LogP contribution in [-0.4, -0.2) is 19.0 Å². The van der Waals surface area contributed by atoms with Crippen molar-refractivity contribution in [3.05, 3.63) is 51.7 Å². The zero-order chi connectivity index (χ0) is 13.7. The van der Waals surface area contributed by atoms with Crippen molar-refractivity contribution in [1.29, 1.82) is 5.26 Å². The minimum atomic E-state index is 0.739. The zero-order valence-corrected chi connectivity index (χ0v) is 12.0. The Labute approximate surface area is 118 Å². The lowest BCUT2D eigenvalue weighted by molar-refractivity contribution is 0.402. The van der Waals surface area contributed by atoms with Crippen LogP contribution in [0.1, 0.15) is 16.0 Å². The minimum Gasteiger partial charge on any atom is -0.380 e.